The van der Waals surface area contributed by atoms with Gasteiger partial charge in [0.25, 0.3) is 0 Å². The maximum Gasteiger partial charge on any atom is 0.146 e. The molecular weight excluding hydrogens is 274 g/mol. The Kier molecular flexibility index (Phi) is 4.98. The minimum Gasteiger partial charge on any atom is -0.382 e. The van der Waals surface area contributed by atoms with E-state index < -0.39 is 0 Å². The lowest BCUT2D eigenvalue weighted by Gasteiger charge is -2.34. The topological polar surface area (TPSA) is 67.1 Å². The van der Waals surface area contributed by atoms with Crippen LogP contribution >= 0.6 is 0 Å². The van der Waals surface area contributed by atoms with E-state index in [1.54, 1.807) is 0 Å². The van der Waals surface area contributed by atoms with Gasteiger partial charge in [0.2, 0.25) is 0 Å². The van der Waals surface area contributed by atoms with Crippen molar-refractivity contribution in [1.82, 2.24) is 20.4 Å². The van der Waals surface area contributed by atoms with E-state index in [1.807, 2.05) is 12.1 Å². The molecule has 116 valence electrons. The summed E-state index contributed by atoms with van der Waals surface area (Å²) in [6.45, 7) is 3.89. The molecule has 1 aromatic heterocycles. The number of hydrogen-bond donors (Lipinski definition) is 2. The molecule has 1 aromatic carbocycles. The number of piperidine rings is 1. The first kappa shape index (κ1) is 14.9. The summed E-state index contributed by atoms with van der Waals surface area (Å²) in [6.07, 6.45) is 2.45. The minimum absolute atomic E-state index is 0.470. The van der Waals surface area contributed by atoms with Crippen molar-refractivity contribution in [2.75, 3.05) is 18.8 Å². The highest BCUT2D eigenvalue weighted by Crippen LogP contribution is 2.17. The monoisotopic (exact) mass is 297 g/mol. The number of benzene rings is 1. The molecule has 1 fully saturated rings. The van der Waals surface area contributed by atoms with Crippen molar-refractivity contribution in [3.8, 4) is 0 Å². The van der Waals surface area contributed by atoms with E-state index in [0.717, 1.165) is 31.9 Å². The van der Waals surface area contributed by atoms with E-state index >= 15 is 0 Å². The van der Waals surface area contributed by atoms with Gasteiger partial charge in [0.1, 0.15) is 5.82 Å². The van der Waals surface area contributed by atoms with Gasteiger partial charge < -0.3 is 11.1 Å². The van der Waals surface area contributed by atoms with Gasteiger partial charge in [-0.25, -0.2) is 0 Å². The number of nitrogen functional groups attached to an aromatic ring is 1. The summed E-state index contributed by atoms with van der Waals surface area (Å²) in [5.41, 5.74) is 7.92. The Morgan fingerprint density at radius 3 is 2.64 bits per heavy atom. The lowest BCUT2D eigenvalue weighted by molar-refractivity contribution is 0.147. The number of hydrogen-bond acceptors (Lipinski definition) is 5. The molecule has 1 aliphatic heterocycles. The molecule has 3 rings (SSSR count). The summed E-state index contributed by atoms with van der Waals surface area (Å²) in [4.78, 5) is 2.49. The van der Waals surface area contributed by atoms with Crippen molar-refractivity contribution in [3.63, 3.8) is 0 Å². The Bertz CT molecular complexity index is 563. The molecule has 3 N–H and O–H groups in total. The average molecular weight is 297 g/mol. The Morgan fingerprint density at radius 1 is 1.09 bits per heavy atom. The molecule has 0 spiro atoms. The molecule has 1 atom stereocenters. The zero-order chi connectivity index (χ0) is 15.2. The number of nitrogens with zero attached hydrogens (tertiary/aromatic N) is 3. The quantitative estimate of drug-likeness (QED) is 0.881. The fourth-order valence-corrected chi connectivity index (χ4v) is 2.94. The van der Waals surface area contributed by atoms with Crippen LogP contribution in [0, 0.1) is 0 Å². The van der Waals surface area contributed by atoms with E-state index in [1.165, 1.54) is 18.4 Å². The van der Waals surface area contributed by atoms with Crippen LogP contribution in [-0.4, -0.2) is 34.2 Å². The molecule has 1 aliphatic rings. The van der Waals surface area contributed by atoms with Crippen LogP contribution in [0.4, 0.5) is 5.82 Å². The molecule has 0 aliphatic carbocycles. The molecule has 0 bridgehead atoms. The predicted molar refractivity (Wildman–Crippen MR) is 88.0 cm³/mol. The van der Waals surface area contributed by atoms with Crippen LogP contribution in [0.25, 0.3) is 0 Å². The largest absolute Gasteiger partial charge is 0.382 e. The standard InChI is InChI=1S/C17H23N5/c18-17-9-8-15(20-21-17)13-22(16-7-4-10-19-11-16)12-14-5-2-1-3-6-14/h1-3,5-6,8-9,16,19H,4,7,10-13H2,(H2,18,21). The van der Waals surface area contributed by atoms with Gasteiger partial charge in [0, 0.05) is 25.7 Å². The molecule has 0 amide bonds. The fraction of sp³-hybridized carbons (Fsp3) is 0.412. The van der Waals surface area contributed by atoms with Crippen molar-refractivity contribution in [2.24, 2.45) is 0 Å². The maximum atomic E-state index is 5.63. The molecule has 0 saturated carbocycles. The molecule has 5 heteroatoms. The van der Waals surface area contributed by atoms with Crippen molar-refractivity contribution >= 4 is 5.82 Å². The lowest BCUT2D eigenvalue weighted by atomic mass is 10.0. The number of nitrogens with two attached hydrogens (primary N) is 1. The zero-order valence-corrected chi connectivity index (χ0v) is 12.8. The van der Waals surface area contributed by atoms with Gasteiger partial charge >= 0.3 is 0 Å². The zero-order valence-electron chi connectivity index (χ0n) is 12.8. The minimum atomic E-state index is 0.470. The lowest BCUT2D eigenvalue weighted by Crippen LogP contribution is -2.45. The van der Waals surface area contributed by atoms with Gasteiger partial charge in [-0.2, -0.15) is 5.10 Å². The second-order valence-corrected chi connectivity index (χ2v) is 5.84. The molecule has 0 radical (unpaired) electrons. The van der Waals surface area contributed by atoms with Crippen molar-refractivity contribution < 1.29 is 0 Å². The second-order valence-electron chi connectivity index (χ2n) is 5.84. The van der Waals surface area contributed by atoms with Crippen LogP contribution in [0.2, 0.25) is 0 Å². The number of rotatable bonds is 5. The Balaban J connectivity index is 1.74. The highest BCUT2D eigenvalue weighted by molar-refractivity contribution is 5.25. The normalized spacial score (nSPS) is 18.5. The molecule has 1 unspecified atom stereocenters. The molecule has 5 nitrogen and oxygen atoms in total. The van der Waals surface area contributed by atoms with E-state index in [-0.39, 0.29) is 0 Å². The fourth-order valence-electron chi connectivity index (χ4n) is 2.94. The van der Waals surface area contributed by atoms with Gasteiger partial charge in [0.15, 0.2) is 0 Å². The third-order valence-corrected chi connectivity index (χ3v) is 4.12. The summed E-state index contributed by atoms with van der Waals surface area (Å²) in [5, 5.41) is 11.7. The highest BCUT2D eigenvalue weighted by atomic mass is 15.2. The Hall–Kier alpha value is -1.98. The van der Waals surface area contributed by atoms with Gasteiger partial charge in [0.05, 0.1) is 5.69 Å². The number of anilines is 1. The van der Waals surface area contributed by atoms with Gasteiger partial charge in [-0.3, -0.25) is 4.90 Å². The summed E-state index contributed by atoms with van der Waals surface area (Å²) in [5.74, 6) is 0.470. The third-order valence-electron chi connectivity index (χ3n) is 4.12. The predicted octanol–water partition coefficient (Wildman–Crippen LogP) is 1.81. The van der Waals surface area contributed by atoms with Crippen molar-refractivity contribution in [3.05, 3.63) is 53.7 Å². The molecular formula is C17H23N5. The highest BCUT2D eigenvalue weighted by Gasteiger charge is 2.21. The smallest absolute Gasteiger partial charge is 0.146 e. The average Bonchev–Trinajstić information content (AvgIpc) is 2.58. The maximum absolute atomic E-state index is 5.63. The molecule has 1 saturated heterocycles. The van der Waals surface area contributed by atoms with Crippen LogP contribution in [0.15, 0.2) is 42.5 Å². The van der Waals surface area contributed by atoms with Gasteiger partial charge in [-0.15, -0.1) is 5.10 Å². The molecule has 22 heavy (non-hydrogen) atoms. The third kappa shape index (κ3) is 4.02. The SMILES string of the molecule is Nc1ccc(CN(Cc2ccccc2)C2CCCNC2)nn1. The van der Waals surface area contributed by atoms with Crippen molar-refractivity contribution in [1.29, 1.82) is 0 Å². The first-order valence-electron chi connectivity index (χ1n) is 7.88. The van der Waals surface area contributed by atoms with Crippen LogP contribution < -0.4 is 11.1 Å². The van der Waals surface area contributed by atoms with Crippen molar-refractivity contribution in [2.45, 2.75) is 32.0 Å². The van der Waals surface area contributed by atoms with Crippen LogP contribution in [0.5, 0.6) is 0 Å². The van der Waals surface area contributed by atoms with E-state index in [2.05, 4.69) is 50.7 Å². The number of aromatic nitrogens is 2. The molecule has 2 heterocycles. The summed E-state index contributed by atoms with van der Waals surface area (Å²) in [6, 6.07) is 14.9. The van der Waals surface area contributed by atoms with Gasteiger partial charge in [-0.05, 0) is 37.1 Å². The summed E-state index contributed by atoms with van der Waals surface area (Å²) in [7, 11) is 0. The second kappa shape index (κ2) is 7.33. The van der Waals surface area contributed by atoms with E-state index in [4.69, 9.17) is 5.73 Å². The van der Waals surface area contributed by atoms with Gasteiger partial charge in [-0.1, -0.05) is 30.3 Å². The van der Waals surface area contributed by atoms with Crippen LogP contribution in [0.1, 0.15) is 24.1 Å². The molecule has 2 aromatic rings. The number of nitrogens with one attached hydrogen (secondary N) is 1. The summed E-state index contributed by atoms with van der Waals surface area (Å²) >= 11 is 0. The Morgan fingerprint density at radius 2 is 1.95 bits per heavy atom. The van der Waals surface area contributed by atoms with Crippen LogP contribution in [0.3, 0.4) is 0 Å². The van der Waals surface area contributed by atoms with E-state index in [0.29, 0.717) is 11.9 Å². The van der Waals surface area contributed by atoms with Crippen LogP contribution in [-0.2, 0) is 13.1 Å². The first-order chi connectivity index (χ1) is 10.8. The first-order valence-corrected chi connectivity index (χ1v) is 7.88. The summed E-state index contributed by atoms with van der Waals surface area (Å²) < 4.78 is 0. The van der Waals surface area contributed by atoms with E-state index in [9.17, 15) is 0 Å². The Labute approximate surface area is 131 Å².